The summed E-state index contributed by atoms with van der Waals surface area (Å²) in [6.45, 7) is 4.31. The molecule has 2 heteroatoms. The molecule has 88 valence electrons. The van der Waals surface area contributed by atoms with Gasteiger partial charge in [0.05, 0.1) is 6.04 Å². The lowest BCUT2D eigenvalue weighted by Crippen LogP contribution is -2.06. The number of aromatic nitrogens is 1. The number of nitrogens with zero attached hydrogens (tertiary/aromatic N) is 1. The van der Waals surface area contributed by atoms with Crippen LogP contribution in [-0.2, 0) is 6.42 Å². The van der Waals surface area contributed by atoms with Crippen molar-refractivity contribution >= 4 is 5.69 Å². The van der Waals surface area contributed by atoms with Crippen molar-refractivity contribution in [2.45, 2.75) is 26.3 Å². The highest BCUT2D eigenvalue weighted by Gasteiger charge is 2.04. The average molecular weight is 226 g/mol. The van der Waals surface area contributed by atoms with Crippen LogP contribution in [0.1, 0.15) is 31.0 Å². The molecule has 0 bridgehead atoms. The summed E-state index contributed by atoms with van der Waals surface area (Å²) >= 11 is 0. The minimum atomic E-state index is 0.274. The Balaban J connectivity index is 2.05. The molecule has 2 nitrogen and oxygen atoms in total. The Morgan fingerprint density at radius 3 is 2.53 bits per heavy atom. The summed E-state index contributed by atoms with van der Waals surface area (Å²) in [5, 5.41) is 3.47. The van der Waals surface area contributed by atoms with Gasteiger partial charge in [-0.25, -0.2) is 0 Å². The number of pyridine rings is 1. The van der Waals surface area contributed by atoms with Gasteiger partial charge in [0.15, 0.2) is 0 Å². The van der Waals surface area contributed by atoms with Crippen molar-refractivity contribution in [3.63, 3.8) is 0 Å². The highest BCUT2D eigenvalue weighted by atomic mass is 14.9. The fourth-order valence-electron chi connectivity index (χ4n) is 1.80. The molecule has 1 atom stereocenters. The molecule has 1 heterocycles. The first kappa shape index (κ1) is 11.6. The second-order valence-corrected chi connectivity index (χ2v) is 4.20. The van der Waals surface area contributed by atoms with Crippen LogP contribution >= 0.6 is 0 Å². The van der Waals surface area contributed by atoms with E-state index in [4.69, 9.17) is 0 Å². The van der Waals surface area contributed by atoms with Crippen LogP contribution in [0.2, 0.25) is 0 Å². The number of hydrogen-bond donors (Lipinski definition) is 1. The van der Waals surface area contributed by atoms with Crippen LogP contribution in [0.25, 0.3) is 0 Å². The van der Waals surface area contributed by atoms with E-state index >= 15 is 0 Å². The fraction of sp³-hybridized carbons (Fsp3) is 0.267. The summed E-state index contributed by atoms with van der Waals surface area (Å²) in [5.74, 6) is 0. The molecule has 0 spiro atoms. The number of hydrogen-bond acceptors (Lipinski definition) is 2. The molecule has 0 saturated carbocycles. The van der Waals surface area contributed by atoms with Gasteiger partial charge in [-0.3, -0.25) is 4.98 Å². The zero-order valence-electron chi connectivity index (χ0n) is 10.4. The third kappa shape index (κ3) is 3.06. The van der Waals surface area contributed by atoms with E-state index < -0.39 is 0 Å². The monoisotopic (exact) mass is 226 g/mol. The van der Waals surface area contributed by atoms with Crippen molar-refractivity contribution in [1.82, 2.24) is 4.98 Å². The SMILES string of the molecule is CCc1ccc(NC(C)c2cccnc2)cc1. The van der Waals surface area contributed by atoms with Gasteiger partial charge in [0.2, 0.25) is 0 Å². The number of aryl methyl sites for hydroxylation is 1. The molecule has 1 aromatic carbocycles. The maximum absolute atomic E-state index is 4.13. The standard InChI is InChI=1S/C15H18N2/c1-3-13-6-8-15(9-7-13)17-12(2)14-5-4-10-16-11-14/h4-12,17H,3H2,1-2H3. The number of benzene rings is 1. The van der Waals surface area contributed by atoms with Crippen LogP contribution in [0.4, 0.5) is 5.69 Å². The van der Waals surface area contributed by atoms with Gasteiger partial charge in [-0.05, 0) is 42.7 Å². The zero-order chi connectivity index (χ0) is 12.1. The van der Waals surface area contributed by atoms with Crippen LogP contribution in [0, 0.1) is 0 Å². The smallest absolute Gasteiger partial charge is 0.0500 e. The highest BCUT2D eigenvalue weighted by Crippen LogP contribution is 2.18. The van der Waals surface area contributed by atoms with Gasteiger partial charge >= 0.3 is 0 Å². The number of nitrogens with one attached hydrogen (secondary N) is 1. The first-order chi connectivity index (χ1) is 8.29. The van der Waals surface area contributed by atoms with Gasteiger partial charge in [-0.1, -0.05) is 25.1 Å². The Hall–Kier alpha value is -1.83. The molecule has 0 aliphatic rings. The van der Waals surface area contributed by atoms with E-state index in [1.165, 1.54) is 11.1 Å². The van der Waals surface area contributed by atoms with E-state index in [-0.39, 0.29) is 6.04 Å². The van der Waals surface area contributed by atoms with Crippen LogP contribution in [0.3, 0.4) is 0 Å². The average Bonchev–Trinajstić information content (AvgIpc) is 2.40. The molecule has 0 amide bonds. The molecule has 1 aromatic heterocycles. The van der Waals surface area contributed by atoms with E-state index in [0.717, 1.165) is 12.1 Å². The predicted octanol–water partition coefficient (Wildman–Crippen LogP) is 3.82. The lowest BCUT2D eigenvalue weighted by molar-refractivity contribution is 0.875. The molecule has 17 heavy (non-hydrogen) atoms. The molecular formula is C15H18N2. The topological polar surface area (TPSA) is 24.9 Å². The first-order valence-corrected chi connectivity index (χ1v) is 6.05. The van der Waals surface area contributed by atoms with E-state index in [0.29, 0.717) is 0 Å². The molecule has 0 fully saturated rings. The lowest BCUT2D eigenvalue weighted by Gasteiger charge is -2.15. The van der Waals surface area contributed by atoms with Crippen LogP contribution < -0.4 is 5.32 Å². The minimum absolute atomic E-state index is 0.274. The Morgan fingerprint density at radius 2 is 1.94 bits per heavy atom. The Bertz CT molecular complexity index is 448. The number of rotatable bonds is 4. The summed E-state index contributed by atoms with van der Waals surface area (Å²) in [6, 6.07) is 12.9. The van der Waals surface area contributed by atoms with Crippen molar-refractivity contribution < 1.29 is 0 Å². The maximum atomic E-state index is 4.13. The summed E-state index contributed by atoms with van der Waals surface area (Å²) in [4.78, 5) is 4.13. The quantitative estimate of drug-likeness (QED) is 0.857. The Kier molecular flexibility index (Phi) is 3.76. The first-order valence-electron chi connectivity index (χ1n) is 6.05. The minimum Gasteiger partial charge on any atom is -0.378 e. The third-order valence-corrected chi connectivity index (χ3v) is 2.93. The second-order valence-electron chi connectivity index (χ2n) is 4.20. The van der Waals surface area contributed by atoms with Gasteiger partial charge in [0.1, 0.15) is 0 Å². The summed E-state index contributed by atoms with van der Waals surface area (Å²) < 4.78 is 0. The van der Waals surface area contributed by atoms with Gasteiger partial charge in [-0.15, -0.1) is 0 Å². The van der Waals surface area contributed by atoms with Crippen molar-refractivity contribution in [3.05, 3.63) is 59.9 Å². The largest absolute Gasteiger partial charge is 0.378 e. The third-order valence-electron chi connectivity index (χ3n) is 2.93. The van der Waals surface area contributed by atoms with Gasteiger partial charge in [0, 0.05) is 18.1 Å². The van der Waals surface area contributed by atoms with Gasteiger partial charge in [0.25, 0.3) is 0 Å². The number of anilines is 1. The molecule has 1 N–H and O–H groups in total. The lowest BCUT2D eigenvalue weighted by atomic mass is 10.1. The van der Waals surface area contributed by atoms with E-state index in [9.17, 15) is 0 Å². The van der Waals surface area contributed by atoms with Crippen molar-refractivity contribution in [2.75, 3.05) is 5.32 Å². The van der Waals surface area contributed by atoms with E-state index in [2.05, 4.69) is 54.5 Å². The predicted molar refractivity (Wildman–Crippen MR) is 72.1 cm³/mol. The molecule has 0 saturated heterocycles. The zero-order valence-corrected chi connectivity index (χ0v) is 10.4. The summed E-state index contributed by atoms with van der Waals surface area (Å²) in [6.07, 6.45) is 4.78. The molecule has 0 aliphatic heterocycles. The van der Waals surface area contributed by atoms with Crippen LogP contribution in [0.15, 0.2) is 48.8 Å². The normalized spacial score (nSPS) is 12.1. The Morgan fingerprint density at radius 1 is 1.18 bits per heavy atom. The molecule has 2 rings (SSSR count). The summed E-state index contributed by atoms with van der Waals surface area (Å²) in [7, 11) is 0. The van der Waals surface area contributed by atoms with E-state index in [1.807, 2.05) is 12.3 Å². The Labute approximate surface area is 103 Å². The van der Waals surface area contributed by atoms with Gasteiger partial charge in [-0.2, -0.15) is 0 Å². The van der Waals surface area contributed by atoms with Crippen LogP contribution in [0.5, 0.6) is 0 Å². The van der Waals surface area contributed by atoms with Crippen molar-refractivity contribution in [2.24, 2.45) is 0 Å². The van der Waals surface area contributed by atoms with E-state index in [1.54, 1.807) is 6.20 Å². The summed E-state index contributed by atoms with van der Waals surface area (Å²) in [5.41, 5.74) is 3.72. The van der Waals surface area contributed by atoms with Gasteiger partial charge < -0.3 is 5.32 Å². The molecular weight excluding hydrogens is 208 g/mol. The molecule has 2 aromatic rings. The highest BCUT2D eigenvalue weighted by molar-refractivity contribution is 5.46. The van der Waals surface area contributed by atoms with Crippen molar-refractivity contribution in [3.8, 4) is 0 Å². The van der Waals surface area contributed by atoms with Crippen LogP contribution in [-0.4, -0.2) is 4.98 Å². The molecule has 0 radical (unpaired) electrons. The molecule has 1 unspecified atom stereocenters. The molecule has 0 aliphatic carbocycles. The fourth-order valence-corrected chi connectivity index (χ4v) is 1.80. The van der Waals surface area contributed by atoms with Crippen molar-refractivity contribution in [1.29, 1.82) is 0 Å². The second kappa shape index (κ2) is 5.48. The maximum Gasteiger partial charge on any atom is 0.0500 e.